The number of ether oxygens (including phenoxy) is 2. The number of esters is 1. The summed E-state index contributed by atoms with van der Waals surface area (Å²) < 4.78 is 57.1. The first-order chi connectivity index (χ1) is 20.8. The Balaban J connectivity index is 1.24. The van der Waals surface area contributed by atoms with E-state index in [-0.39, 0.29) is 13.2 Å². The lowest BCUT2D eigenvalue weighted by Crippen LogP contribution is -2.56. The topological polar surface area (TPSA) is 86.5 Å². The summed E-state index contributed by atoms with van der Waals surface area (Å²) in [5, 5.41) is 9.11. The Morgan fingerprint density at radius 1 is 0.930 bits per heavy atom. The van der Waals surface area contributed by atoms with Crippen LogP contribution in [0.25, 0.3) is 22.2 Å². The van der Waals surface area contributed by atoms with Gasteiger partial charge in [0.15, 0.2) is 0 Å². The predicted octanol–water partition coefficient (Wildman–Crippen LogP) is 6.58. The number of carbonyl (C=O) groups is 1. The summed E-state index contributed by atoms with van der Waals surface area (Å²) >= 11 is 0. The van der Waals surface area contributed by atoms with Gasteiger partial charge in [0.1, 0.15) is 0 Å². The Morgan fingerprint density at radius 2 is 1.65 bits per heavy atom. The lowest BCUT2D eigenvalue weighted by Gasteiger charge is -2.43. The number of halogens is 3. The highest BCUT2D eigenvalue weighted by atomic mass is 19.4. The standard InChI is InChI=1S/C33H28F3N3O4/c34-33(35,36)31(40)42-32(41-20-23-12-13-24-6-4-5-9-27(24)18-23)21-37-17-16-28(32)25-14-10-22(11-15-25)19-29-38-30(39-43-29)26-7-2-1-3-8-26/h1-15,18,28,37H,16-17,19-21H2. The van der Waals surface area contributed by atoms with Crippen molar-refractivity contribution in [1.82, 2.24) is 15.5 Å². The molecule has 2 unspecified atom stereocenters. The molecule has 4 aromatic carbocycles. The van der Waals surface area contributed by atoms with Crippen LogP contribution < -0.4 is 5.32 Å². The van der Waals surface area contributed by atoms with E-state index >= 15 is 0 Å². The SMILES string of the molecule is O=C(OC1(OCc2ccc3ccccc3c2)CNCCC1c1ccc(Cc2nc(-c3ccccc3)no2)cc1)C(F)(F)F. The zero-order chi connectivity index (χ0) is 29.9. The molecule has 0 spiro atoms. The summed E-state index contributed by atoms with van der Waals surface area (Å²) in [6, 6.07) is 30.2. The molecule has 2 heterocycles. The van der Waals surface area contributed by atoms with Gasteiger partial charge in [0.25, 0.3) is 0 Å². The number of benzene rings is 4. The van der Waals surface area contributed by atoms with E-state index in [1.807, 2.05) is 97.1 Å². The van der Waals surface area contributed by atoms with E-state index in [1.54, 1.807) is 0 Å². The largest absolute Gasteiger partial charge is 0.491 e. The van der Waals surface area contributed by atoms with E-state index < -0.39 is 23.9 Å². The number of aromatic nitrogens is 2. The highest BCUT2D eigenvalue weighted by Crippen LogP contribution is 2.40. The molecule has 1 saturated heterocycles. The van der Waals surface area contributed by atoms with Crippen LogP contribution in [0.4, 0.5) is 13.2 Å². The van der Waals surface area contributed by atoms with Crippen LogP contribution in [0.2, 0.25) is 0 Å². The average Bonchev–Trinajstić information content (AvgIpc) is 3.49. The molecule has 220 valence electrons. The van der Waals surface area contributed by atoms with E-state index in [2.05, 4.69) is 15.5 Å². The number of hydrogen-bond donors (Lipinski definition) is 1. The normalized spacial score (nSPS) is 18.9. The van der Waals surface area contributed by atoms with Gasteiger partial charge in [-0.05, 0) is 46.5 Å². The van der Waals surface area contributed by atoms with Gasteiger partial charge in [-0.2, -0.15) is 18.2 Å². The van der Waals surface area contributed by atoms with Crippen molar-refractivity contribution >= 4 is 16.7 Å². The quantitative estimate of drug-likeness (QED) is 0.162. The van der Waals surface area contributed by atoms with Crippen molar-refractivity contribution in [2.24, 2.45) is 0 Å². The second kappa shape index (κ2) is 12.0. The summed E-state index contributed by atoms with van der Waals surface area (Å²) in [7, 11) is 0. The van der Waals surface area contributed by atoms with Crippen LogP contribution in [-0.4, -0.2) is 41.2 Å². The Hall–Kier alpha value is -4.54. The second-order valence-electron chi connectivity index (χ2n) is 10.5. The fraction of sp³-hybridized carbons (Fsp3) is 0.242. The molecule has 0 saturated carbocycles. The molecule has 5 aromatic rings. The van der Waals surface area contributed by atoms with E-state index in [0.717, 1.165) is 27.5 Å². The van der Waals surface area contributed by atoms with Gasteiger partial charge in [-0.15, -0.1) is 0 Å². The van der Waals surface area contributed by atoms with Crippen LogP contribution in [0, 0.1) is 0 Å². The lowest BCUT2D eigenvalue weighted by molar-refractivity contribution is -0.276. The van der Waals surface area contributed by atoms with Gasteiger partial charge in [0.05, 0.1) is 25.5 Å². The van der Waals surface area contributed by atoms with Gasteiger partial charge in [-0.3, -0.25) is 0 Å². The van der Waals surface area contributed by atoms with Crippen LogP contribution in [0.1, 0.15) is 34.9 Å². The molecule has 1 aliphatic heterocycles. The van der Waals surface area contributed by atoms with Gasteiger partial charge < -0.3 is 19.3 Å². The molecule has 1 fully saturated rings. The van der Waals surface area contributed by atoms with Crippen LogP contribution in [0.3, 0.4) is 0 Å². The molecule has 10 heteroatoms. The smallest absolute Gasteiger partial charge is 0.424 e. The van der Waals surface area contributed by atoms with Crippen molar-refractivity contribution in [3.8, 4) is 11.4 Å². The fourth-order valence-electron chi connectivity index (χ4n) is 5.38. The van der Waals surface area contributed by atoms with Crippen LogP contribution in [0.5, 0.6) is 0 Å². The van der Waals surface area contributed by atoms with E-state index in [9.17, 15) is 18.0 Å². The minimum atomic E-state index is -5.17. The Morgan fingerprint density at radius 3 is 2.42 bits per heavy atom. The van der Waals surface area contributed by atoms with Crippen LogP contribution in [-0.2, 0) is 27.3 Å². The monoisotopic (exact) mass is 587 g/mol. The zero-order valence-electron chi connectivity index (χ0n) is 23.0. The third-order valence-corrected chi connectivity index (χ3v) is 7.54. The molecule has 0 aliphatic carbocycles. The lowest BCUT2D eigenvalue weighted by atomic mass is 9.84. The van der Waals surface area contributed by atoms with Gasteiger partial charge in [0, 0.05) is 5.56 Å². The maximum Gasteiger partial charge on any atom is 0.491 e. The van der Waals surface area contributed by atoms with Crippen LogP contribution in [0.15, 0.2) is 102 Å². The molecule has 0 radical (unpaired) electrons. The van der Waals surface area contributed by atoms with E-state index in [4.69, 9.17) is 14.0 Å². The Kier molecular flexibility index (Phi) is 7.96. The number of hydrogen-bond acceptors (Lipinski definition) is 7. The van der Waals surface area contributed by atoms with E-state index in [1.165, 1.54) is 0 Å². The summed E-state index contributed by atoms with van der Waals surface area (Å²) in [6.07, 6.45) is -4.40. The molecule has 1 aromatic heterocycles. The molecule has 0 bridgehead atoms. The second-order valence-corrected chi connectivity index (χ2v) is 10.5. The molecule has 43 heavy (non-hydrogen) atoms. The number of piperidine rings is 1. The van der Waals surface area contributed by atoms with Crippen molar-refractivity contribution in [3.63, 3.8) is 0 Å². The summed E-state index contributed by atoms with van der Waals surface area (Å²) in [5.74, 6) is -3.90. The molecule has 6 rings (SSSR count). The molecule has 2 atom stereocenters. The van der Waals surface area contributed by atoms with Crippen molar-refractivity contribution in [2.45, 2.75) is 37.3 Å². The number of fused-ring (bicyclic) bond motifs is 1. The maximum absolute atomic E-state index is 13.4. The summed E-state index contributed by atoms with van der Waals surface area (Å²) in [4.78, 5) is 16.7. The van der Waals surface area contributed by atoms with Crippen molar-refractivity contribution in [1.29, 1.82) is 0 Å². The minimum Gasteiger partial charge on any atom is -0.424 e. The number of nitrogens with one attached hydrogen (secondary N) is 1. The molecule has 0 amide bonds. The zero-order valence-corrected chi connectivity index (χ0v) is 23.0. The number of carbonyl (C=O) groups excluding carboxylic acids is 1. The molecule has 1 N–H and O–H groups in total. The van der Waals surface area contributed by atoms with E-state index in [0.29, 0.717) is 36.7 Å². The molecular weight excluding hydrogens is 559 g/mol. The van der Waals surface area contributed by atoms with Gasteiger partial charge in [-0.1, -0.05) is 96.2 Å². The third kappa shape index (κ3) is 6.45. The number of rotatable bonds is 8. The third-order valence-electron chi connectivity index (χ3n) is 7.54. The average molecular weight is 588 g/mol. The van der Waals surface area contributed by atoms with Gasteiger partial charge >= 0.3 is 12.1 Å². The van der Waals surface area contributed by atoms with Gasteiger partial charge in [0.2, 0.25) is 17.5 Å². The Bertz CT molecular complexity index is 1710. The highest BCUT2D eigenvalue weighted by Gasteiger charge is 2.52. The Labute approximate surface area is 245 Å². The number of alkyl halides is 3. The first-order valence-corrected chi connectivity index (χ1v) is 13.9. The van der Waals surface area contributed by atoms with Crippen molar-refractivity contribution in [3.05, 3.63) is 120 Å². The van der Waals surface area contributed by atoms with Crippen molar-refractivity contribution < 1.29 is 32.0 Å². The summed E-state index contributed by atoms with van der Waals surface area (Å²) in [5.41, 5.74) is 3.15. The van der Waals surface area contributed by atoms with Gasteiger partial charge in [-0.25, -0.2) is 4.79 Å². The molecular formula is C33H28F3N3O4. The van der Waals surface area contributed by atoms with Crippen molar-refractivity contribution in [2.75, 3.05) is 13.1 Å². The summed E-state index contributed by atoms with van der Waals surface area (Å²) in [6.45, 7) is 0.369. The molecule has 7 nitrogen and oxygen atoms in total. The first kappa shape index (κ1) is 28.6. The van der Waals surface area contributed by atoms with Crippen LogP contribution >= 0.6 is 0 Å². The number of nitrogens with zero attached hydrogens (tertiary/aromatic N) is 2. The maximum atomic E-state index is 13.4. The fourth-order valence-corrected chi connectivity index (χ4v) is 5.38. The molecule has 1 aliphatic rings. The first-order valence-electron chi connectivity index (χ1n) is 13.9. The minimum absolute atomic E-state index is 0.0485. The predicted molar refractivity (Wildman–Crippen MR) is 153 cm³/mol. The highest BCUT2D eigenvalue weighted by molar-refractivity contribution is 5.83.